The van der Waals surface area contributed by atoms with Gasteiger partial charge in [0.25, 0.3) is 5.91 Å². The first-order chi connectivity index (χ1) is 13.9. The molecule has 156 valence electrons. The van der Waals surface area contributed by atoms with Crippen LogP contribution in [0.4, 0.5) is 0 Å². The Morgan fingerprint density at radius 3 is 2.45 bits per heavy atom. The SMILES string of the molecule is O=C(NCCCc1ccc(O)cc1)c1cc(S(=O)(=O)N2CCCCC2)ccc1Cl. The predicted octanol–water partition coefficient (Wildman–Crippen LogP) is 3.58. The van der Waals surface area contributed by atoms with E-state index in [4.69, 9.17) is 11.6 Å². The maximum absolute atomic E-state index is 12.8. The Bertz CT molecular complexity index is 955. The molecule has 1 fully saturated rings. The number of nitrogens with one attached hydrogen (secondary N) is 1. The monoisotopic (exact) mass is 436 g/mol. The number of piperidine rings is 1. The van der Waals surface area contributed by atoms with E-state index in [0.717, 1.165) is 31.2 Å². The number of aryl methyl sites for hydroxylation is 1. The minimum Gasteiger partial charge on any atom is -0.508 e. The average Bonchev–Trinajstić information content (AvgIpc) is 2.73. The molecule has 29 heavy (non-hydrogen) atoms. The highest BCUT2D eigenvalue weighted by atomic mass is 35.5. The standard InChI is InChI=1S/C21H25ClN2O4S/c22-20-11-10-18(29(27,28)24-13-2-1-3-14-24)15-19(20)21(26)23-12-4-5-16-6-8-17(25)9-7-16/h6-11,15,25H,1-5,12-14H2,(H,23,26). The highest BCUT2D eigenvalue weighted by Gasteiger charge is 2.27. The second-order valence-corrected chi connectivity index (χ2v) is 9.48. The van der Waals surface area contributed by atoms with Crippen molar-refractivity contribution in [2.75, 3.05) is 19.6 Å². The zero-order valence-corrected chi connectivity index (χ0v) is 17.7. The van der Waals surface area contributed by atoms with Gasteiger partial charge in [-0.1, -0.05) is 30.2 Å². The molecule has 0 saturated carbocycles. The van der Waals surface area contributed by atoms with E-state index >= 15 is 0 Å². The van der Waals surface area contributed by atoms with Crippen molar-refractivity contribution in [3.05, 3.63) is 58.6 Å². The molecule has 6 nitrogen and oxygen atoms in total. The molecular weight excluding hydrogens is 412 g/mol. The molecule has 8 heteroatoms. The Labute approximate surface area is 176 Å². The van der Waals surface area contributed by atoms with Gasteiger partial charge in [0.05, 0.1) is 15.5 Å². The molecule has 3 rings (SSSR count). The Hall–Kier alpha value is -2.09. The number of hydrogen-bond donors (Lipinski definition) is 2. The quantitative estimate of drug-likeness (QED) is 0.649. The number of nitrogens with zero attached hydrogens (tertiary/aromatic N) is 1. The van der Waals surface area contributed by atoms with Crippen LogP contribution in [-0.2, 0) is 16.4 Å². The molecule has 1 amide bonds. The van der Waals surface area contributed by atoms with Crippen LogP contribution in [0.5, 0.6) is 5.75 Å². The highest BCUT2D eigenvalue weighted by Crippen LogP contribution is 2.25. The van der Waals surface area contributed by atoms with E-state index in [-0.39, 0.29) is 21.2 Å². The van der Waals surface area contributed by atoms with Crippen molar-refractivity contribution in [3.8, 4) is 5.75 Å². The lowest BCUT2D eigenvalue weighted by atomic mass is 10.1. The summed E-state index contributed by atoms with van der Waals surface area (Å²) in [6.07, 6.45) is 4.18. The van der Waals surface area contributed by atoms with E-state index in [9.17, 15) is 18.3 Å². The number of hydrogen-bond acceptors (Lipinski definition) is 4. The first-order valence-corrected chi connectivity index (χ1v) is 11.6. The van der Waals surface area contributed by atoms with Gasteiger partial charge in [-0.15, -0.1) is 0 Å². The molecule has 2 aromatic carbocycles. The minimum absolute atomic E-state index is 0.0954. The second-order valence-electron chi connectivity index (χ2n) is 7.13. The van der Waals surface area contributed by atoms with Gasteiger partial charge in [0.15, 0.2) is 0 Å². The Morgan fingerprint density at radius 1 is 1.07 bits per heavy atom. The maximum atomic E-state index is 12.8. The highest BCUT2D eigenvalue weighted by molar-refractivity contribution is 7.89. The van der Waals surface area contributed by atoms with E-state index < -0.39 is 15.9 Å². The van der Waals surface area contributed by atoms with E-state index in [0.29, 0.717) is 26.1 Å². The summed E-state index contributed by atoms with van der Waals surface area (Å²) in [7, 11) is -3.63. The van der Waals surface area contributed by atoms with Crippen molar-refractivity contribution in [2.24, 2.45) is 0 Å². The number of halogens is 1. The molecule has 0 unspecified atom stereocenters. The molecule has 0 spiro atoms. The summed E-state index contributed by atoms with van der Waals surface area (Å²) in [6.45, 7) is 1.44. The molecule has 2 aromatic rings. The van der Waals surface area contributed by atoms with Gasteiger partial charge in [-0.05, 0) is 61.6 Å². The van der Waals surface area contributed by atoms with Gasteiger partial charge in [0, 0.05) is 19.6 Å². The average molecular weight is 437 g/mol. The lowest BCUT2D eigenvalue weighted by Crippen LogP contribution is -2.35. The van der Waals surface area contributed by atoms with Crippen molar-refractivity contribution >= 4 is 27.5 Å². The number of phenols is 1. The summed E-state index contributed by atoms with van der Waals surface area (Å²) in [4.78, 5) is 12.6. The zero-order chi connectivity index (χ0) is 20.9. The van der Waals surface area contributed by atoms with E-state index in [2.05, 4.69) is 5.32 Å². The van der Waals surface area contributed by atoms with E-state index in [1.807, 2.05) is 12.1 Å². The Kier molecular flexibility index (Phi) is 7.16. The van der Waals surface area contributed by atoms with Crippen LogP contribution in [0.25, 0.3) is 0 Å². The number of sulfonamides is 1. The Balaban J connectivity index is 1.62. The van der Waals surface area contributed by atoms with Crippen molar-refractivity contribution in [2.45, 2.75) is 37.0 Å². The third-order valence-corrected chi connectivity index (χ3v) is 7.22. The molecule has 0 radical (unpaired) electrons. The molecule has 1 aliphatic rings. The lowest BCUT2D eigenvalue weighted by molar-refractivity contribution is 0.0953. The smallest absolute Gasteiger partial charge is 0.252 e. The maximum Gasteiger partial charge on any atom is 0.252 e. The summed E-state index contributed by atoms with van der Waals surface area (Å²) < 4.78 is 27.2. The summed E-state index contributed by atoms with van der Waals surface area (Å²) in [5, 5.41) is 12.3. The molecular formula is C21H25ClN2O4S. The van der Waals surface area contributed by atoms with E-state index in [1.165, 1.54) is 22.5 Å². The van der Waals surface area contributed by atoms with Crippen molar-refractivity contribution in [3.63, 3.8) is 0 Å². The number of phenolic OH excluding ortho intramolecular Hbond substituents is 1. The zero-order valence-electron chi connectivity index (χ0n) is 16.1. The molecule has 1 aliphatic heterocycles. The van der Waals surface area contributed by atoms with Crippen molar-refractivity contribution in [1.29, 1.82) is 0 Å². The number of carbonyl (C=O) groups excluding carboxylic acids is 1. The fourth-order valence-electron chi connectivity index (χ4n) is 3.35. The lowest BCUT2D eigenvalue weighted by Gasteiger charge is -2.26. The fourth-order valence-corrected chi connectivity index (χ4v) is 5.09. The summed E-state index contributed by atoms with van der Waals surface area (Å²) >= 11 is 6.16. The minimum atomic E-state index is -3.63. The van der Waals surface area contributed by atoms with Gasteiger partial charge in [-0.3, -0.25) is 4.79 Å². The largest absolute Gasteiger partial charge is 0.508 e. The van der Waals surface area contributed by atoms with E-state index in [1.54, 1.807) is 12.1 Å². The second kappa shape index (κ2) is 9.61. The molecule has 0 atom stereocenters. The van der Waals surface area contributed by atoms with Crippen LogP contribution in [0.2, 0.25) is 5.02 Å². The van der Waals surface area contributed by atoms with Gasteiger partial charge < -0.3 is 10.4 Å². The number of carbonyl (C=O) groups is 1. The molecule has 2 N–H and O–H groups in total. The third kappa shape index (κ3) is 5.50. The summed E-state index contributed by atoms with van der Waals surface area (Å²) in [5.41, 5.74) is 1.22. The topological polar surface area (TPSA) is 86.7 Å². The van der Waals surface area contributed by atoms with Crippen LogP contribution in [-0.4, -0.2) is 43.4 Å². The number of aromatic hydroxyl groups is 1. The van der Waals surface area contributed by atoms with Crippen LogP contribution in [0.1, 0.15) is 41.6 Å². The van der Waals surface area contributed by atoms with Crippen LogP contribution >= 0.6 is 11.6 Å². The molecule has 1 heterocycles. The van der Waals surface area contributed by atoms with Gasteiger partial charge >= 0.3 is 0 Å². The van der Waals surface area contributed by atoms with Crippen LogP contribution in [0, 0.1) is 0 Å². The predicted molar refractivity (Wildman–Crippen MR) is 113 cm³/mol. The third-order valence-electron chi connectivity index (χ3n) is 5.00. The normalized spacial score (nSPS) is 15.2. The van der Waals surface area contributed by atoms with Crippen LogP contribution in [0.15, 0.2) is 47.4 Å². The Morgan fingerprint density at radius 2 is 1.76 bits per heavy atom. The summed E-state index contributed by atoms with van der Waals surface area (Å²) in [6, 6.07) is 11.2. The van der Waals surface area contributed by atoms with Crippen LogP contribution in [0.3, 0.4) is 0 Å². The molecule has 0 aliphatic carbocycles. The van der Waals surface area contributed by atoms with Gasteiger partial charge in [0.2, 0.25) is 10.0 Å². The first-order valence-electron chi connectivity index (χ1n) is 9.74. The molecule has 1 saturated heterocycles. The summed E-state index contributed by atoms with van der Waals surface area (Å²) in [5.74, 6) is -0.174. The number of amides is 1. The van der Waals surface area contributed by atoms with Gasteiger partial charge in [-0.25, -0.2) is 8.42 Å². The number of rotatable bonds is 7. The van der Waals surface area contributed by atoms with Crippen molar-refractivity contribution in [1.82, 2.24) is 9.62 Å². The van der Waals surface area contributed by atoms with Crippen LogP contribution < -0.4 is 5.32 Å². The molecule has 0 bridgehead atoms. The van der Waals surface area contributed by atoms with Gasteiger partial charge in [-0.2, -0.15) is 4.31 Å². The first kappa shape index (κ1) is 21.6. The number of benzene rings is 2. The fraction of sp³-hybridized carbons (Fsp3) is 0.381. The van der Waals surface area contributed by atoms with Crippen molar-refractivity contribution < 1.29 is 18.3 Å². The van der Waals surface area contributed by atoms with Gasteiger partial charge in [0.1, 0.15) is 5.75 Å². The molecule has 0 aromatic heterocycles.